The van der Waals surface area contributed by atoms with Crippen molar-refractivity contribution in [3.8, 4) is 0 Å². The highest BCUT2D eigenvalue weighted by atomic mass is 16.2. The Morgan fingerprint density at radius 1 is 1.35 bits per heavy atom. The molecule has 1 rings (SSSR count). The number of hydrogen-bond acceptors (Lipinski definition) is 3. The Bertz CT molecular complexity index is 251. The second kappa shape index (κ2) is 8.23. The average Bonchev–Trinajstić information content (AvgIpc) is 2.71. The first kappa shape index (κ1) is 16.1. The molecule has 1 N–H and O–H groups in total. The highest BCUT2D eigenvalue weighted by Crippen LogP contribution is 2.23. The summed E-state index contributed by atoms with van der Waals surface area (Å²) in [4.78, 5) is 24.4. The smallest absolute Gasteiger partial charge is 0.222 e. The number of carbonyl (C=O) groups is 2. The van der Waals surface area contributed by atoms with Gasteiger partial charge in [0.25, 0.3) is 0 Å². The lowest BCUT2D eigenvalue weighted by molar-refractivity contribution is -0.136. The monoisotopic (exact) mass is 243 g/mol. The van der Waals surface area contributed by atoms with Gasteiger partial charge in [0.2, 0.25) is 5.91 Å². The maximum absolute atomic E-state index is 11.4. The Balaban J connectivity index is 0.000000557. The van der Waals surface area contributed by atoms with Crippen molar-refractivity contribution < 1.29 is 14.7 Å². The normalized spacial score (nSPS) is 23.0. The van der Waals surface area contributed by atoms with Crippen molar-refractivity contribution in [2.45, 2.75) is 53.0 Å². The van der Waals surface area contributed by atoms with Crippen molar-refractivity contribution >= 4 is 11.7 Å². The maximum Gasteiger partial charge on any atom is 0.222 e. The van der Waals surface area contributed by atoms with Gasteiger partial charge >= 0.3 is 0 Å². The molecule has 4 nitrogen and oxygen atoms in total. The molecule has 17 heavy (non-hydrogen) atoms. The molecule has 0 radical (unpaired) electrons. The van der Waals surface area contributed by atoms with E-state index in [0.29, 0.717) is 18.9 Å². The predicted molar refractivity (Wildman–Crippen MR) is 67.6 cm³/mol. The van der Waals surface area contributed by atoms with E-state index < -0.39 is 0 Å². The van der Waals surface area contributed by atoms with Crippen molar-refractivity contribution in [1.82, 2.24) is 4.90 Å². The number of ketones is 1. The van der Waals surface area contributed by atoms with Crippen LogP contribution in [0.15, 0.2) is 0 Å². The van der Waals surface area contributed by atoms with E-state index in [1.165, 1.54) is 0 Å². The predicted octanol–water partition coefficient (Wildman–Crippen LogP) is 1.61. The molecule has 1 heterocycles. The minimum atomic E-state index is -0.151. The van der Waals surface area contributed by atoms with Crippen LogP contribution in [0, 0.1) is 5.92 Å². The third-order valence-electron chi connectivity index (χ3n) is 2.83. The first-order valence-corrected chi connectivity index (χ1v) is 6.38. The Labute approximate surface area is 104 Å². The molecule has 2 atom stereocenters. The van der Waals surface area contributed by atoms with Crippen LogP contribution in [0.25, 0.3) is 0 Å². The Kier molecular flexibility index (Phi) is 7.79. The highest BCUT2D eigenvalue weighted by molar-refractivity contribution is 5.88. The highest BCUT2D eigenvalue weighted by Gasteiger charge is 2.34. The molecule has 1 amide bonds. The van der Waals surface area contributed by atoms with Gasteiger partial charge < -0.3 is 10.0 Å². The van der Waals surface area contributed by atoms with E-state index >= 15 is 0 Å². The summed E-state index contributed by atoms with van der Waals surface area (Å²) in [6.07, 6.45) is 2.21. The standard InChI is InChI=1S/C10H17NO2.C3H8O/c1-4-10(13)11-6-7(2)5-9(11)8(3)12;1-2-3-4/h7,9H,4-6H2,1-3H3;4H,2-3H2,1H3. The summed E-state index contributed by atoms with van der Waals surface area (Å²) >= 11 is 0. The van der Waals surface area contributed by atoms with Crippen molar-refractivity contribution in [3.05, 3.63) is 0 Å². The quantitative estimate of drug-likeness (QED) is 0.819. The van der Waals surface area contributed by atoms with Crippen LogP contribution in [0.5, 0.6) is 0 Å². The lowest BCUT2D eigenvalue weighted by Gasteiger charge is -2.21. The molecule has 0 spiro atoms. The van der Waals surface area contributed by atoms with E-state index in [1.807, 2.05) is 13.8 Å². The van der Waals surface area contributed by atoms with Gasteiger partial charge in [-0.2, -0.15) is 0 Å². The molecule has 0 saturated carbocycles. The topological polar surface area (TPSA) is 57.6 Å². The zero-order chi connectivity index (χ0) is 13.4. The molecule has 100 valence electrons. The number of hydrogen-bond donors (Lipinski definition) is 1. The first-order valence-electron chi connectivity index (χ1n) is 6.38. The third-order valence-corrected chi connectivity index (χ3v) is 2.83. The lowest BCUT2D eigenvalue weighted by Crippen LogP contribution is -2.39. The summed E-state index contributed by atoms with van der Waals surface area (Å²) < 4.78 is 0. The van der Waals surface area contributed by atoms with Crippen LogP contribution < -0.4 is 0 Å². The Morgan fingerprint density at radius 3 is 2.24 bits per heavy atom. The molecule has 4 heteroatoms. The SMILES string of the molecule is CCC(=O)N1CC(C)CC1C(C)=O.CCCO. The van der Waals surface area contributed by atoms with Crippen molar-refractivity contribution in [3.63, 3.8) is 0 Å². The van der Waals surface area contributed by atoms with Crippen LogP contribution in [-0.4, -0.2) is 40.9 Å². The largest absolute Gasteiger partial charge is 0.396 e. The van der Waals surface area contributed by atoms with E-state index in [2.05, 4.69) is 6.92 Å². The van der Waals surface area contributed by atoms with Crippen LogP contribution in [-0.2, 0) is 9.59 Å². The summed E-state index contributed by atoms with van der Waals surface area (Å²) in [6.45, 7) is 8.48. The van der Waals surface area contributed by atoms with Crippen molar-refractivity contribution in [2.75, 3.05) is 13.2 Å². The number of likely N-dealkylation sites (tertiary alicyclic amines) is 1. The summed E-state index contributed by atoms with van der Waals surface area (Å²) in [7, 11) is 0. The first-order chi connectivity index (χ1) is 7.97. The molecule has 0 aromatic rings. The second-order valence-electron chi connectivity index (χ2n) is 4.59. The number of nitrogens with zero attached hydrogens (tertiary/aromatic N) is 1. The minimum absolute atomic E-state index is 0.101. The molecule has 1 aliphatic rings. The Morgan fingerprint density at radius 2 is 1.88 bits per heavy atom. The lowest BCUT2D eigenvalue weighted by atomic mass is 10.1. The molecule has 0 aromatic heterocycles. The van der Waals surface area contributed by atoms with Gasteiger partial charge in [-0.05, 0) is 25.7 Å². The molecule has 2 unspecified atom stereocenters. The Hall–Kier alpha value is -0.900. The summed E-state index contributed by atoms with van der Waals surface area (Å²) in [5.41, 5.74) is 0. The third kappa shape index (κ3) is 5.31. The number of aliphatic hydroxyl groups is 1. The van der Waals surface area contributed by atoms with Gasteiger partial charge in [-0.3, -0.25) is 9.59 Å². The van der Waals surface area contributed by atoms with Gasteiger partial charge in [0.1, 0.15) is 0 Å². The summed E-state index contributed by atoms with van der Waals surface area (Å²) in [5, 5.41) is 7.88. The van der Waals surface area contributed by atoms with Gasteiger partial charge in [-0.1, -0.05) is 20.8 Å². The number of carbonyl (C=O) groups excluding carboxylic acids is 2. The molecule has 1 saturated heterocycles. The van der Waals surface area contributed by atoms with E-state index in [9.17, 15) is 9.59 Å². The fraction of sp³-hybridized carbons (Fsp3) is 0.846. The van der Waals surface area contributed by atoms with Gasteiger partial charge in [-0.15, -0.1) is 0 Å². The molecule has 1 aliphatic heterocycles. The van der Waals surface area contributed by atoms with Crippen LogP contribution in [0.3, 0.4) is 0 Å². The van der Waals surface area contributed by atoms with Crippen molar-refractivity contribution in [2.24, 2.45) is 5.92 Å². The molecule has 1 fully saturated rings. The molecule has 0 bridgehead atoms. The molecular formula is C13H25NO3. The fourth-order valence-electron chi connectivity index (χ4n) is 1.91. The number of Topliss-reactive ketones (excluding diaryl/α,β-unsaturated/α-hetero) is 1. The molecular weight excluding hydrogens is 218 g/mol. The minimum Gasteiger partial charge on any atom is -0.396 e. The van der Waals surface area contributed by atoms with Crippen LogP contribution in [0.1, 0.15) is 47.0 Å². The van der Waals surface area contributed by atoms with E-state index in [0.717, 1.165) is 19.4 Å². The van der Waals surface area contributed by atoms with Gasteiger partial charge in [0.05, 0.1) is 6.04 Å². The zero-order valence-corrected chi connectivity index (χ0v) is 11.4. The molecule has 0 aliphatic carbocycles. The molecule has 0 aromatic carbocycles. The van der Waals surface area contributed by atoms with Crippen LogP contribution in [0.4, 0.5) is 0 Å². The number of aliphatic hydroxyl groups excluding tert-OH is 1. The zero-order valence-electron chi connectivity index (χ0n) is 11.4. The number of amides is 1. The second-order valence-corrected chi connectivity index (χ2v) is 4.59. The number of rotatable bonds is 3. The van der Waals surface area contributed by atoms with Gasteiger partial charge in [0, 0.05) is 19.6 Å². The summed E-state index contributed by atoms with van der Waals surface area (Å²) in [6, 6.07) is -0.151. The van der Waals surface area contributed by atoms with Crippen LogP contribution in [0.2, 0.25) is 0 Å². The maximum atomic E-state index is 11.4. The van der Waals surface area contributed by atoms with E-state index in [4.69, 9.17) is 5.11 Å². The van der Waals surface area contributed by atoms with Crippen LogP contribution >= 0.6 is 0 Å². The summed E-state index contributed by atoms with van der Waals surface area (Å²) in [5.74, 6) is 0.681. The van der Waals surface area contributed by atoms with E-state index in [1.54, 1.807) is 11.8 Å². The fourth-order valence-corrected chi connectivity index (χ4v) is 1.91. The van der Waals surface area contributed by atoms with E-state index in [-0.39, 0.29) is 17.7 Å². The van der Waals surface area contributed by atoms with Crippen molar-refractivity contribution in [1.29, 1.82) is 0 Å². The average molecular weight is 243 g/mol. The van der Waals surface area contributed by atoms with Gasteiger partial charge in [-0.25, -0.2) is 0 Å². The van der Waals surface area contributed by atoms with Gasteiger partial charge in [0.15, 0.2) is 5.78 Å².